The Morgan fingerprint density at radius 1 is 1.55 bits per heavy atom. The van der Waals surface area contributed by atoms with Crippen LogP contribution in [0.4, 0.5) is 0 Å². The monoisotopic (exact) mass is 152 g/mol. The van der Waals surface area contributed by atoms with Gasteiger partial charge in [0.05, 0.1) is 6.26 Å². The first-order chi connectivity index (χ1) is 5.13. The Morgan fingerprint density at radius 3 is 2.36 bits per heavy atom. The zero-order chi connectivity index (χ0) is 8.85. The maximum Gasteiger partial charge on any atom is 0.222 e. The Labute approximate surface area is 66.9 Å². The Hall–Kier alpha value is -1.31. The van der Waals surface area contributed by atoms with Gasteiger partial charge in [-0.25, -0.2) is 0 Å². The second-order valence-corrected chi connectivity index (χ2v) is 2.05. The SMILES string of the molecule is C=COC(=CC)C(=O)C(=C)C. The van der Waals surface area contributed by atoms with Gasteiger partial charge >= 0.3 is 0 Å². The molecule has 0 fully saturated rings. The predicted molar refractivity (Wildman–Crippen MR) is 44.9 cm³/mol. The van der Waals surface area contributed by atoms with Gasteiger partial charge in [-0.3, -0.25) is 4.79 Å². The van der Waals surface area contributed by atoms with E-state index in [-0.39, 0.29) is 11.5 Å². The average Bonchev–Trinajstić information content (AvgIpc) is 1.98. The molecule has 0 amide bonds. The molecule has 11 heavy (non-hydrogen) atoms. The van der Waals surface area contributed by atoms with Crippen LogP contribution in [0.1, 0.15) is 13.8 Å². The van der Waals surface area contributed by atoms with E-state index in [0.717, 1.165) is 0 Å². The van der Waals surface area contributed by atoms with Crippen molar-refractivity contribution in [2.24, 2.45) is 0 Å². The van der Waals surface area contributed by atoms with Crippen molar-refractivity contribution in [3.8, 4) is 0 Å². The minimum atomic E-state index is -0.188. The number of hydrogen-bond donors (Lipinski definition) is 0. The predicted octanol–water partition coefficient (Wildman–Crippen LogP) is 2.20. The van der Waals surface area contributed by atoms with Gasteiger partial charge in [0.2, 0.25) is 5.78 Å². The van der Waals surface area contributed by atoms with Crippen LogP contribution in [0.15, 0.2) is 36.8 Å². The van der Waals surface area contributed by atoms with Crippen molar-refractivity contribution in [2.45, 2.75) is 13.8 Å². The molecule has 0 heterocycles. The lowest BCUT2D eigenvalue weighted by atomic mass is 10.2. The maximum absolute atomic E-state index is 11.1. The second kappa shape index (κ2) is 4.50. The van der Waals surface area contributed by atoms with Crippen molar-refractivity contribution >= 4 is 5.78 Å². The highest BCUT2D eigenvalue weighted by atomic mass is 16.5. The third kappa shape index (κ3) is 2.85. The van der Waals surface area contributed by atoms with Gasteiger partial charge in [-0.2, -0.15) is 0 Å². The van der Waals surface area contributed by atoms with E-state index < -0.39 is 0 Å². The molecule has 0 N–H and O–H groups in total. The molecule has 0 aliphatic rings. The first-order valence-electron chi connectivity index (χ1n) is 3.27. The fourth-order valence-corrected chi connectivity index (χ4v) is 0.553. The molecular weight excluding hydrogens is 140 g/mol. The van der Waals surface area contributed by atoms with Gasteiger partial charge in [0.15, 0.2) is 5.76 Å². The van der Waals surface area contributed by atoms with Crippen molar-refractivity contribution in [3.05, 3.63) is 36.8 Å². The van der Waals surface area contributed by atoms with Gasteiger partial charge in [0, 0.05) is 0 Å². The zero-order valence-corrected chi connectivity index (χ0v) is 6.89. The number of ketones is 1. The summed E-state index contributed by atoms with van der Waals surface area (Å²) >= 11 is 0. The van der Waals surface area contributed by atoms with Gasteiger partial charge < -0.3 is 4.74 Å². The van der Waals surface area contributed by atoms with Crippen molar-refractivity contribution in [2.75, 3.05) is 0 Å². The Bertz CT molecular complexity index is 212. The molecule has 0 bridgehead atoms. The van der Waals surface area contributed by atoms with E-state index in [0.29, 0.717) is 5.57 Å². The fraction of sp³-hybridized carbons (Fsp3) is 0.222. The molecule has 0 aromatic heterocycles. The highest BCUT2D eigenvalue weighted by Gasteiger charge is 2.08. The van der Waals surface area contributed by atoms with E-state index in [1.165, 1.54) is 6.26 Å². The van der Waals surface area contributed by atoms with Crippen molar-refractivity contribution < 1.29 is 9.53 Å². The van der Waals surface area contributed by atoms with E-state index in [1.807, 2.05) is 0 Å². The highest BCUT2D eigenvalue weighted by Crippen LogP contribution is 2.05. The van der Waals surface area contributed by atoms with Crippen LogP contribution < -0.4 is 0 Å². The summed E-state index contributed by atoms with van der Waals surface area (Å²) in [5.41, 5.74) is 0.458. The first-order valence-corrected chi connectivity index (χ1v) is 3.27. The Morgan fingerprint density at radius 2 is 2.09 bits per heavy atom. The lowest BCUT2D eigenvalue weighted by Gasteiger charge is -2.02. The van der Waals surface area contributed by atoms with Crippen LogP contribution in [0.25, 0.3) is 0 Å². The molecule has 0 rings (SSSR count). The summed E-state index contributed by atoms with van der Waals surface area (Å²) in [5, 5.41) is 0. The largest absolute Gasteiger partial charge is 0.462 e. The number of Topliss-reactive ketones (excluding diaryl/α,β-unsaturated/α-hetero) is 1. The van der Waals surface area contributed by atoms with Gasteiger partial charge in [-0.1, -0.05) is 13.2 Å². The summed E-state index contributed by atoms with van der Waals surface area (Å²) in [6.07, 6.45) is 2.80. The molecule has 0 spiro atoms. The molecule has 0 aliphatic heterocycles. The van der Waals surface area contributed by atoms with Gasteiger partial charge in [-0.15, -0.1) is 0 Å². The van der Waals surface area contributed by atoms with Gasteiger partial charge in [0.1, 0.15) is 0 Å². The third-order valence-electron chi connectivity index (χ3n) is 1.08. The van der Waals surface area contributed by atoms with E-state index >= 15 is 0 Å². The van der Waals surface area contributed by atoms with Crippen LogP contribution >= 0.6 is 0 Å². The zero-order valence-electron chi connectivity index (χ0n) is 6.89. The van der Waals surface area contributed by atoms with E-state index in [9.17, 15) is 4.79 Å². The van der Waals surface area contributed by atoms with Crippen LogP contribution in [-0.4, -0.2) is 5.78 Å². The molecule has 0 unspecified atom stereocenters. The third-order valence-corrected chi connectivity index (χ3v) is 1.08. The summed E-state index contributed by atoms with van der Waals surface area (Å²) < 4.78 is 4.83. The van der Waals surface area contributed by atoms with Gasteiger partial charge in [0.25, 0.3) is 0 Å². The molecule has 0 aromatic carbocycles. The summed E-state index contributed by atoms with van der Waals surface area (Å²) in [5.74, 6) is 0.0832. The Balaban J connectivity index is 4.40. The summed E-state index contributed by atoms with van der Waals surface area (Å²) in [7, 11) is 0. The summed E-state index contributed by atoms with van der Waals surface area (Å²) in [6.45, 7) is 10.2. The van der Waals surface area contributed by atoms with Crippen LogP contribution in [0.2, 0.25) is 0 Å². The molecule has 0 saturated heterocycles. The summed E-state index contributed by atoms with van der Waals surface area (Å²) in [6, 6.07) is 0. The lowest BCUT2D eigenvalue weighted by molar-refractivity contribution is -0.114. The highest BCUT2D eigenvalue weighted by molar-refractivity contribution is 6.05. The summed E-state index contributed by atoms with van der Waals surface area (Å²) in [4.78, 5) is 11.1. The van der Waals surface area contributed by atoms with Crippen LogP contribution in [0.3, 0.4) is 0 Å². The fourth-order valence-electron chi connectivity index (χ4n) is 0.553. The van der Waals surface area contributed by atoms with Gasteiger partial charge in [-0.05, 0) is 25.5 Å². The van der Waals surface area contributed by atoms with E-state index in [4.69, 9.17) is 4.74 Å². The Kier molecular flexibility index (Phi) is 3.96. The van der Waals surface area contributed by atoms with Crippen LogP contribution in [-0.2, 0) is 9.53 Å². The lowest BCUT2D eigenvalue weighted by Crippen LogP contribution is -2.03. The molecule has 0 aliphatic carbocycles. The van der Waals surface area contributed by atoms with Crippen molar-refractivity contribution in [3.63, 3.8) is 0 Å². The first kappa shape index (κ1) is 9.69. The number of allylic oxidation sites excluding steroid dienone is 2. The number of carbonyl (C=O) groups is 1. The van der Waals surface area contributed by atoms with Crippen molar-refractivity contribution in [1.29, 1.82) is 0 Å². The molecule has 0 radical (unpaired) electrons. The number of hydrogen-bond acceptors (Lipinski definition) is 2. The average molecular weight is 152 g/mol. The topological polar surface area (TPSA) is 26.3 Å². The number of rotatable bonds is 4. The smallest absolute Gasteiger partial charge is 0.222 e. The molecular formula is C9H12O2. The molecule has 60 valence electrons. The van der Waals surface area contributed by atoms with E-state index in [2.05, 4.69) is 13.2 Å². The van der Waals surface area contributed by atoms with E-state index in [1.54, 1.807) is 19.9 Å². The van der Waals surface area contributed by atoms with Crippen LogP contribution in [0.5, 0.6) is 0 Å². The number of ether oxygens (including phenoxy) is 1. The molecule has 2 heteroatoms. The minimum Gasteiger partial charge on any atom is -0.462 e. The maximum atomic E-state index is 11.1. The minimum absolute atomic E-state index is 0.188. The molecule has 0 saturated carbocycles. The number of carbonyl (C=O) groups excluding carboxylic acids is 1. The molecule has 2 nitrogen and oxygen atoms in total. The van der Waals surface area contributed by atoms with Crippen molar-refractivity contribution in [1.82, 2.24) is 0 Å². The standard InChI is InChI=1S/C9H12O2/c1-5-8(11-6-2)9(10)7(3)4/h5-6H,2-3H2,1,4H3. The second-order valence-electron chi connectivity index (χ2n) is 2.05. The molecule has 0 aromatic rings. The quantitative estimate of drug-likeness (QED) is 0.456. The normalized spacial score (nSPS) is 10.5. The molecule has 0 atom stereocenters. The van der Waals surface area contributed by atoms with Crippen LogP contribution in [0, 0.1) is 0 Å².